The van der Waals surface area contributed by atoms with Gasteiger partial charge in [0.2, 0.25) is 17.7 Å². The summed E-state index contributed by atoms with van der Waals surface area (Å²) in [4.78, 5) is 62.8. The number of nitrogens with zero attached hydrogens (tertiary/aromatic N) is 6. The molecule has 2 atom stereocenters. The van der Waals surface area contributed by atoms with E-state index in [1.807, 2.05) is 32.0 Å². The van der Waals surface area contributed by atoms with Crippen molar-refractivity contribution in [3.8, 4) is 17.2 Å². The first-order chi connectivity index (χ1) is 35.7. The number of hydrogen-bond donors (Lipinski definition) is 3. The lowest BCUT2D eigenvalue weighted by molar-refractivity contribution is -0.127. The topological polar surface area (TPSA) is 191 Å². The van der Waals surface area contributed by atoms with Gasteiger partial charge in [-0.25, -0.2) is 15.0 Å². The lowest BCUT2D eigenvalue weighted by atomic mass is 9.78. The van der Waals surface area contributed by atoms with Gasteiger partial charge < -0.3 is 44.4 Å². The second kappa shape index (κ2) is 25.7. The van der Waals surface area contributed by atoms with Gasteiger partial charge in [0.15, 0.2) is 0 Å². The lowest BCUT2D eigenvalue weighted by Crippen LogP contribution is -2.37. The Hall–Kier alpha value is -4.98. The molecule has 18 heteroatoms. The van der Waals surface area contributed by atoms with Crippen molar-refractivity contribution in [2.45, 2.75) is 120 Å². The maximum absolute atomic E-state index is 14.5. The molecule has 3 saturated heterocycles. The van der Waals surface area contributed by atoms with Gasteiger partial charge in [-0.15, -0.1) is 0 Å². The minimum Gasteiger partial charge on any atom is -0.495 e. The smallest absolute Gasteiger partial charge is 0.231 e. The van der Waals surface area contributed by atoms with Gasteiger partial charge in [0.1, 0.15) is 34.7 Å². The second-order valence-electron chi connectivity index (χ2n) is 21.4. The van der Waals surface area contributed by atoms with E-state index in [-0.39, 0.29) is 34.5 Å². The van der Waals surface area contributed by atoms with Crippen LogP contribution in [-0.2, 0) is 48.2 Å². The Morgan fingerprint density at radius 2 is 0.959 bits per heavy atom. The van der Waals surface area contributed by atoms with Crippen LogP contribution in [-0.4, -0.2) is 147 Å². The standard InChI is InChI=1S/C56H85N9O9/c1-10-55(11-2,12-3)51(67)61-47-32-42(39-65-21-29-72-30-22-65)45(36-58-47)74-24-16-56(13-4,14-5)52(68)62-48-33-41(38-64-19-27-71-28-20-64)44(35-59-48)73-23-15-54(8)49(53(54,6)7)50(66)60-46-31-40(43(69-9)34-57-46)37-63-17-25-70-26-18-63/h31-36,49H,10-30,37-39H2,1-9H3,(H,57,60,66)(H,58,61,67)(H,59,62,68). The average molecular weight is 1030 g/mol. The Balaban J connectivity index is 0.997. The summed E-state index contributed by atoms with van der Waals surface area (Å²) in [6.45, 7) is 28.0. The van der Waals surface area contributed by atoms with Crippen LogP contribution >= 0.6 is 0 Å². The highest BCUT2D eigenvalue weighted by Crippen LogP contribution is 2.70. The molecule has 408 valence electrons. The van der Waals surface area contributed by atoms with Crippen LogP contribution in [0.1, 0.15) is 117 Å². The van der Waals surface area contributed by atoms with E-state index in [1.54, 1.807) is 25.7 Å². The van der Waals surface area contributed by atoms with E-state index in [0.29, 0.717) is 133 Å². The third kappa shape index (κ3) is 13.3. The normalized spacial score (nSPS) is 20.6. The zero-order chi connectivity index (χ0) is 52.9. The Morgan fingerprint density at radius 3 is 1.38 bits per heavy atom. The molecule has 3 amide bonds. The van der Waals surface area contributed by atoms with Gasteiger partial charge in [-0.1, -0.05) is 55.4 Å². The number of anilines is 3. The number of pyridine rings is 3. The number of amides is 3. The van der Waals surface area contributed by atoms with Gasteiger partial charge >= 0.3 is 0 Å². The fourth-order valence-electron chi connectivity index (χ4n) is 11.3. The number of carbonyl (C=O) groups is 3. The molecule has 7 rings (SSSR count). The first kappa shape index (κ1) is 56.7. The van der Waals surface area contributed by atoms with E-state index < -0.39 is 10.8 Å². The zero-order valence-electron chi connectivity index (χ0n) is 45.9. The van der Waals surface area contributed by atoms with Crippen LogP contribution in [0, 0.1) is 27.6 Å². The molecule has 1 saturated carbocycles. The molecule has 6 heterocycles. The molecule has 0 spiro atoms. The van der Waals surface area contributed by atoms with Crippen molar-refractivity contribution >= 4 is 35.2 Å². The van der Waals surface area contributed by atoms with Gasteiger partial charge in [-0.3, -0.25) is 29.1 Å². The highest BCUT2D eigenvalue weighted by atomic mass is 16.5. The Morgan fingerprint density at radius 1 is 0.581 bits per heavy atom. The number of ether oxygens (including phenoxy) is 6. The SMILES string of the molecule is CCC(CC)(CC)C(=O)Nc1cc(CN2CCOCC2)c(OCCC(CC)(CC)C(=O)Nc2cc(CN3CCOCC3)c(OCCC3(C)C(C(=O)Nc4cc(CN5CCOCC5)c(OC)cn4)C3(C)C)cn2)cn1. The molecule has 4 fully saturated rings. The van der Waals surface area contributed by atoms with E-state index in [9.17, 15) is 14.4 Å². The van der Waals surface area contributed by atoms with E-state index in [4.69, 9.17) is 33.4 Å². The monoisotopic (exact) mass is 1030 g/mol. The third-order valence-corrected chi connectivity index (χ3v) is 17.4. The van der Waals surface area contributed by atoms with Crippen LogP contribution in [0.5, 0.6) is 17.2 Å². The number of rotatable bonds is 26. The number of methoxy groups -OCH3 is 1. The molecule has 0 aromatic carbocycles. The number of nitrogens with one attached hydrogen (secondary N) is 3. The lowest BCUT2D eigenvalue weighted by Gasteiger charge is -2.31. The highest BCUT2D eigenvalue weighted by molar-refractivity contribution is 5.96. The summed E-state index contributed by atoms with van der Waals surface area (Å²) in [5.74, 6) is 2.98. The molecule has 74 heavy (non-hydrogen) atoms. The largest absolute Gasteiger partial charge is 0.495 e. The summed E-state index contributed by atoms with van der Waals surface area (Å²) in [5, 5.41) is 9.41. The maximum atomic E-state index is 14.5. The van der Waals surface area contributed by atoms with Crippen molar-refractivity contribution < 1.29 is 42.8 Å². The minimum absolute atomic E-state index is 0.0165. The highest BCUT2D eigenvalue weighted by Gasteiger charge is 2.70. The minimum atomic E-state index is -0.735. The molecule has 18 nitrogen and oxygen atoms in total. The molecule has 3 aliphatic heterocycles. The van der Waals surface area contributed by atoms with E-state index in [0.717, 1.165) is 75.2 Å². The van der Waals surface area contributed by atoms with Crippen LogP contribution < -0.4 is 30.2 Å². The summed E-state index contributed by atoms with van der Waals surface area (Å²) >= 11 is 0. The quantitative estimate of drug-likeness (QED) is 0.0705. The van der Waals surface area contributed by atoms with Crippen molar-refractivity contribution in [3.63, 3.8) is 0 Å². The first-order valence-corrected chi connectivity index (χ1v) is 27.3. The summed E-state index contributed by atoms with van der Waals surface area (Å²) in [6, 6.07) is 5.77. The fraction of sp³-hybridized carbons (Fsp3) is 0.679. The number of morpholine rings is 3. The van der Waals surface area contributed by atoms with Gasteiger partial charge in [0.25, 0.3) is 0 Å². The van der Waals surface area contributed by atoms with Crippen LogP contribution in [0.4, 0.5) is 17.5 Å². The molecule has 1 aliphatic carbocycles. The molecular weight excluding hydrogens is 943 g/mol. The molecule has 3 aromatic heterocycles. The van der Waals surface area contributed by atoms with Crippen LogP contribution in [0.15, 0.2) is 36.8 Å². The van der Waals surface area contributed by atoms with Crippen molar-refractivity contribution in [1.82, 2.24) is 29.7 Å². The molecule has 3 aromatic rings. The molecule has 2 unspecified atom stereocenters. The molecule has 4 aliphatic rings. The first-order valence-electron chi connectivity index (χ1n) is 27.3. The van der Waals surface area contributed by atoms with Gasteiger partial charge in [0, 0.05) is 86.9 Å². The molecular formula is C56H85N9O9. The molecule has 3 N–H and O–H groups in total. The van der Waals surface area contributed by atoms with Gasteiger partial charge in [0.05, 0.1) is 84.0 Å². The molecule has 0 bridgehead atoms. The van der Waals surface area contributed by atoms with Crippen molar-refractivity contribution in [2.75, 3.05) is 115 Å². The number of hydrogen-bond acceptors (Lipinski definition) is 15. The van der Waals surface area contributed by atoms with Crippen LogP contribution in [0.2, 0.25) is 0 Å². The Bertz CT molecular complexity index is 2330. The van der Waals surface area contributed by atoms with Gasteiger partial charge in [-0.05, 0) is 74.0 Å². The summed E-state index contributed by atoms with van der Waals surface area (Å²) < 4.78 is 35.5. The summed E-state index contributed by atoms with van der Waals surface area (Å²) in [5.41, 5.74) is 1.01. The fourth-order valence-corrected chi connectivity index (χ4v) is 11.3. The molecule has 0 radical (unpaired) electrons. The van der Waals surface area contributed by atoms with Crippen molar-refractivity contribution in [2.24, 2.45) is 27.6 Å². The Labute approximate surface area is 439 Å². The number of carbonyl (C=O) groups excluding carboxylic acids is 3. The Kier molecular flexibility index (Phi) is 19.7. The number of aromatic nitrogens is 3. The predicted molar refractivity (Wildman–Crippen MR) is 285 cm³/mol. The van der Waals surface area contributed by atoms with E-state index in [1.165, 1.54) is 0 Å². The zero-order valence-corrected chi connectivity index (χ0v) is 45.9. The average Bonchev–Trinajstić information content (AvgIpc) is 3.88. The van der Waals surface area contributed by atoms with Gasteiger partial charge in [-0.2, -0.15) is 0 Å². The van der Waals surface area contributed by atoms with E-state index in [2.05, 4.69) is 82.2 Å². The second-order valence-corrected chi connectivity index (χ2v) is 21.4. The van der Waals surface area contributed by atoms with Crippen molar-refractivity contribution in [3.05, 3.63) is 53.5 Å². The summed E-state index contributed by atoms with van der Waals surface area (Å²) in [7, 11) is 1.64. The van der Waals surface area contributed by atoms with Crippen LogP contribution in [0.25, 0.3) is 0 Å². The maximum Gasteiger partial charge on any atom is 0.231 e. The van der Waals surface area contributed by atoms with Crippen LogP contribution in [0.3, 0.4) is 0 Å². The third-order valence-electron chi connectivity index (χ3n) is 17.4. The van der Waals surface area contributed by atoms with Crippen molar-refractivity contribution in [1.29, 1.82) is 0 Å². The predicted octanol–water partition coefficient (Wildman–Crippen LogP) is 7.82. The van der Waals surface area contributed by atoms with E-state index >= 15 is 0 Å². The summed E-state index contributed by atoms with van der Waals surface area (Å²) in [6.07, 6.45) is 9.64.